The lowest BCUT2D eigenvalue weighted by Crippen LogP contribution is -2.29. The fourth-order valence-electron chi connectivity index (χ4n) is 2.33. The van der Waals surface area contributed by atoms with E-state index in [9.17, 15) is 26.4 Å². The molecule has 7 nitrogen and oxygen atoms in total. The molecule has 0 fully saturated rings. The second kappa shape index (κ2) is 8.32. The van der Waals surface area contributed by atoms with Crippen LogP contribution in [0.25, 0.3) is 0 Å². The molecular weight excluding hydrogens is 441 g/mol. The number of sulfonamides is 1. The molecule has 0 bridgehead atoms. The molecule has 0 saturated carbocycles. The van der Waals surface area contributed by atoms with Crippen molar-refractivity contribution in [2.24, 2.45) is 0 Å². The van der Waals surface area contributed by atoms with Crippen LogP contribution in [0.5, 0.6) is 0 Å². The molecule has 0 atom stereocenters. The predicted molar refractivity (Wildman–Crippen MR) is 109 cm³/mol. The average Bonchev–Trinajstić information content (AvgIpc) is 3.06. The van der Waals surface area contributed by atoms with Gasteiger partial charge in [0, 0.05) is 16.8 Å². The minimum atomic E-state index is -5.04. The van der Waals surface area contributed by atoms with E-state index in [-0.39, 0.29) is 16.3 Å². The van der Waals surface area contributed by atoms with E-state index in [0.717, 1.165) is 30.0 Å². The lowest BCUT2D eigenvalue weighted by Gasteiger charge is -2.11. The predicted octanol–water partition coefficient (Wildman–Crippen LogP) is 4.50. The minimum Gasteiger partial charge on any atom is -0.331 e. The number of alkyl halides is 3. The molecule has 0 saturated heterocycles. The number of nitrogens with zero attached hydrogens (tertiary/aromatic N) is 1. The van der Waals surface area contributed by atoms with Gasteiger partial charge in [-0.2, -0.15) is 13.2 Å². The van der Waals surface area contributed by atoms with Gasteiger partial charge in [-0.1, -0.05) is 6.07 Å². The number of anilines is 4. The maximum atomic E-state index is 12.6. The largest absolute Gasteiger partial charge is 0.471 e. The molecule has 0 radical (unpaired) electrons. The molecule has 158 valence electrons. The van der Waals surface area contributed by atoms with Crippen LogP contribution in [0.2, 0.25) is 0 Å². The van der Waals surface area contributed by atoms with Crippen molar-refractivity contribution in [1.29, 1.82) is 0 Å². The third-order valence-corrected chi connectivity index (χ3v) is 5.94. The van der Waals surface area contributed by atoms with Gasteiger partial charge in [0.15, 0.2) is 5.13 Å². The van der Waals surface area contributed by atoms with E-state index < -0.39 is 22.1 Å². The molecule has 0 aliphatic heterocycles. The second-order valence-corrected chi connectivity index (χ2v) is 8.62. The Morgan fingerprint density at radius 2 is 1.70 bits per heavy atom. The summed E-state index contributed by atoms with van der Waals surface area (Å²) in [4.78, 5) is 15.0. The van der Waals surface area contributed by atoms with Crippen LogP contribution < -0.4 is 15.4 Å². The second-order valence-electron chi connectivity index (χ2n) is 6.08. The van der Waals surface area contributed by atoms with E-state index in [1.165, 1.54) is 11.3 Å². The smallest absolute Gasteiger partial charge is 0.331 e. The van der Waals surface area contributed by atoms with Gasteiger partial charge in [0.2, 0.25) is 0 Å². The standard InChI is InChI=1S/C18H15F3N4O3S2/c1-11-10-29-17(22-11)24-13-3-2-4-14(9-13)25-30(27,28)15-7-5-12(6-8-15)23-16(26)18(19,20)21/h2-10,25H,1H3,(H,22,24)(H,23,26). The Morgan fingerprint density at radius 3 is 2.30 bits per heavy atom. The lowest BCUT2D eigenvalue weighted by molar-refractivity contribution is -0.167. The first kappa shape index (κ1) is 21.6. The SMILES string of the molecule is Cc1csc(Nc2cccc(NS(=O)(=O)c3ccc(NC(=O)C(F)(F)F)cc3)c2)n1. The monoisotopic (exact) mass is 456 g/mol. The van der Waals surface area contributed by atoms with E-state index in [0.29, 0.717) is 10.8 Å². The summed E-state index contributed by atoms with van der Waals surface area (Å²) in [5.74, 6) is -2.14. The maximum absolute atomic E-state index is 12.6. The van der Waals surface area contributed by atoms with Gasteiger partial charge in [-0.15, -0.1) is 11.3 Å². The maximum Gasteiger partial charge on any atom is 0.471 e. The molecule has 3 aromatic rings. The van der Waals surface area contributed by atoms with Gasteiger partial charge < -0.3 is 10.6 Å². The Hall–Kier alpha value is -3.12. The number of aromatic nitrogens is 1. The number of hydrogen-bond donors (Lipinski definition) is 3. The highest BCUT2D eigenvalue weighted by Gasteiger charge is 2.38. The highest BCUT2D eigenvalue weighted by Crippen LogP contribution is 2.25. The normalized spacial score (nSPS) is 11.7. The van der Waals surface area contributed by atoms with Crippen LogP contribution in [-0.2, 0) is 14.8 Å². The number of halogens is 3. The Kier molecular flexibility index (Phi) is 5.99. The molecule has 0 aliphatic carbocycles. The van der Waals surface area contributed by atoms with E-state index in [4.69, 9.17) is 0 Å². The molecule has 3 rings (SSSR count). The molecule has 2 aromatic carbocycles. The topological polar surface area (TPSA) is 100 Å². The van der Waals surface area contributed by atoms with Crippen molar-refractivity contribution < 1.29 is 26.4 Å². The Labute approximate surface area is 174 Å². The van der Waals surface area contributed by atoms with Crippen molar-refractivity contribution in [3.63, 3.8) is 0 Å². The Bertz CT molecular complexity index is 1160. The molecule has 30 heavy (non-hydrogen) atoms. The summed E-state index contributed by atoms with van der Waals surface area (Å²) in [7, 11) is -4.00. The van der Waals surface area contributed by atoms with Gasteiger partial charge in [-0.05, 0) is 49.4 Å². The van der Waals surface area contributed by atoms with Crippen LogP contribution in [0, 0.1) is 6.92 Å². The van der Waals surface area contributed by atoms with E-state index in [1.807, 2.05) is 12.3 Å². The van der Waals surface area contributed by atoms with Crippen molar-refractivity contribution in [3.05, 3.63) is 59.6 Å². The van der Waals surface area contributed by atoms with Crippen molar-refractivity contribution in [3.8, 4) is 0 Å². The highest BCUT2D eigenvalue weighted by atomic mass is 32.2. The van der Waals surface area contributed by atoms with E-state index in [2.05, 4.69) is 15.0 Å². The van der Waals surface area contributed by atoms with Crippen LogP contribution in [-0.4, -0.2) is 25.5 Å². The number of carbonyl (C=O) groups excluding carboxylic acids is 1. The highest BCUT2D eigenvalue weighted by molar-refractivity contribution is 7.92. The summed E-state index contributed by atoms with van der Waals surface area (Å²) in [6, 6.07) is 10.8. The fourth-order valence-corrected chi connectivity index (χ4v) is 4.09. The first-order valence-corrected chi connectivity index (χ1v) is 10.7. The molecular formula is C18H15F3N4O3S2. The van der Waals surface area contributed by atoms with Gasteiger partial charge in [0.05, 0.1) is 16.3 Å². The minimum absolute atomic E-state index is 0.179. The summed E-state index contributed by atoms with van der Waals surface area (Å²) in [6.45, 7) is 1.85. The van der Waals surface area contributed by atoms with Gasteiger partial charge in [0.1, 0.15) is 0 Å². The fraction of sp³-hybridized carbons (Fsp3) is 0.111. The zero-order valence-electron chi connectivity index (χ0n) is 15.3. The van der Waals surface area contributed by atoms with Crippen LogP contribution in [0.15, 0.2) is 58.8 Å². The van der Waals surface area contributed by atoms with Crippen molar-refractivity contribution in [1.82, 2.24) is 4.98 Å². The lowest BCUT2D eigenvalue weighted by atomic mass is 10.3. The first-order valence-electron chi connectivity index (χ1n) is 8.33. The number of benzene rings is 2. The summed E-state index contributed by atoms with van der Waals surface area (Å²) >= 11 is 1.41. The molecule has 0 unspecified atom stereocenters. The summed E-state index contributed by atoms with van der Waals surface area (Å²) in [6.07, 6.45) is -5.04. The van der Waals surface area contributed by atoms with Crippen LogP contribution in [0.4, 0.5) is 35.4 Å². The number of nitrogens with one attached hydrogen (secondary N) is 3. The van der Waals surface area contributed by atoms with Crippen LogP contribution in [0.1, 0.15) is 5.69 Å². The molecule has 1 aromatic heterocycles. The number of hydrogen-bond acceptors (Lipinski definition) is 6. The number of amides is 1. The number of thiazole rings is 1. The Morgan fingerprint density at radius 1 is 1.03 bits per heavy atom. The third kappa shape index (κ3) is 5.48. The van der Waals surface area contributed by atoms with Gasteiger partial charge in [-0.25, -0.2) is 13.4 Å². The van der Waals surface area contributed by atoms with Gasteiger partial charge >= 0.3 is 12.1 Å². The summed E-state index contributed by atoms with van der Waals surface area (Å²) < 4.78 is 64.4. The number of rotatable bonds is 6. The zero-order valence-corrected chi connectivity index (χ0v) is 17.0. The van der Waals surface area contributed by atoms with Crippen LogP contribution in [0.3, 0.4) is 0 Å². The van der Waals surface area contributed by atoms with E-state index in [1.54, 1.807) is 29.6 Å². The van der Waals surface area contributed by atoms with E-state index >= 15 is 0 Å². The van der Waals surface area contributed by atoms with Crippen molar-refractivity contribution in [2.75, 3.05) is 15.4 Å². The third-order valence-electron chi connectivity index (χ3n) is 3.67. The van der Waals surface area contributed by atoms with Crippen molar-refractivity contribution >= 4 is 49.5 Å². The summed E-state index contributed by atoms with van der Waals surface area (Å²) in [5.41, 5.74) is 1.58. The zero-order chi connectivity index (χ0) is 21.9. The Balaban J connectivity index is 1.72. The van der Waals surface area contributed by atoms with Gasteiger partial charge in [-0.3, -0.25) is 9.52 Å². The average molecular weight is 456 g/mol. The molecule has 1 heterocycles. The first-order chi connectivity index (χ1) is 14.0. The number of carbonyl (C=O) groups is 1. The van der Waals surface area contributed by atoms with Crippen molar-refractivity contribution in [2.45, 2.75) is 18.0 Å². The molecule has 3 N–H and O–H groups in total. The number of aryl methyl sites for hydroxylation is 1. The van der Waals surface area contributed by atoms with Gasteiger partial charge in [0.25, 0.3) is 10.0 Å². The quantitative estimate of drug-likeness (QED) is 0.507. The molecule has 0 aliphatic rings. The summed E-state index contributed by atoms with van der Waals surface area (Å²) in [5, 5.41) is 7.25. The molecule has 1 amide bonds. The molecule has 12 heteroatoms. The molecule has 0 spiro atoms. The van der Waals surface area contributed by atoms with Crippen LogP contribution >= 0.6 is 11.3 Å².